The number of oxazole rings is 1. The van der Waals surface area contributed by atoms with Crippen molar-refractivity contribution in [2.24, 2.45) is 0 Å². The first-order valence-corrected chi connectivity index (χ1v) is 10.1. The Morgan fingerprint density at radius 2 is 1.21 bits per heavy atom. The molecule has 0 saturated carbocycles. The molecule has 0 amide bonds. The second kappa shape index (κ2) is 9.20. The highest BCUT2D eigenvalue weighted by Gasteiger charge is 2.20. The fourth-order valence-corrected chi connectivity index (χ4v) is 3.75. The molecule has 172 valence electrons. The van der Waals surface area contributed by atoms with Crippen molar-refractivity contribution in [3.8, 4) is 57.1 Å². The van der Waals surface area contributed by atoms with Gasteiger partial charge >= 0.3 is 0 Å². The predicted molar refractivity (Wildman–Crippen MR) is 124 cm³/mol. The Balaban J connectivity index is 1.82. The van der Waals surface area contributed by atoms with E-state index in [4.69, 9.17) is 32.8 Å². The fourth-order valence-electron chi connectivity index (χ4n) is 3.75. The van der Waals surface area contributed by atoms with Crippen LogP contribution in [-0.2, 0) is 0 Å². The number of ether oxygens (including phenoxy) is 6. The largest absolute Gasteiger partial charge is 0.493 e. The Morgan fingerprint density at radius 3 is 1.79 bits per heavy atom. The predicted octanol–water partition coefficient (Wildman–Crippen LogP) is 5.21. The van der Waals surface area contributed by atoms with Gasteiger partial charge in [-0.05, 0) is 42.0 Å². The minimum Gasteiger partial charge on any atom is -0.493 e. The Hall–Kier alpha value is -4.07. The summed E-state index contributed by atoms with van der Waals surface area (Å²) in [4.78, 5) is 4.63. The van der Waals surface area contributed by atoms with E-state index in [1.54, 1.807) is 54.8 Å². The zero-order valence-corrected chi connectivity index (χ0v) is 19.3. The van der Waals surface area contributed by atoms with Gasteiger partial charge in [0.2, 0.25) is 17.4 Å². The normalized spacial score (nSPS) is 10.7. The van der Waals surface area contributed by atoms with E-state index in [1.807, 2.05) is 30.3 Å². The summed E-state index contributed by atoms with van der Waals surface area (Å²) in [5.74, 6) is 3.65. The van der Waals surface area contributed by atoms with E-state index in [0.717, 1.165) is 11.1 Å². The monoisotopic (exact) mass is 451 g/mol. The van der Waals surface area contributed by atoms with Crippen molar-refractivity contribution in [1.29, 1.82) is 0 Å². The van der Waals surface area contributed by atoms with Gasteiger partial charge in [-0.15, -0.1) is 0 Å². The first kappa shape index (κ1) is 22.1. The molecular weight excluding hydrogens is 426 g/mol. The van der Waals surface area contributed by atoms with Gasteiger partial charge in [0.25, 0.3) is 0 Å². The molecule has 0 saturated heterocycles. The van der Waals surface area contributed by atoms with Crippen molar-refractivity contribution >= 4 is 11.1 Å². The van der Waals surface area contributed by atoms with Crippen molar-refractivity contribution in [3.05, 3.63) is 42.5 Å². The molecule has 3 aromatic carbocycles. The third-order valence-corrected chi connectivity index (χ3v) is 5.32. The SMILES string of the molecule is COc1cc(-c2nc3ccc(-c4ccc(OC)c(OC)c4OC)cc3o2)cc(OC)c1OC. The van der Waals surface area contributed by atoms with Crippen molar-refractivity contribution in [2.75, 3.05) is 42.7 Å². The lowest BCUT2D eigenvalue weighted by Gasteiger charge is -2.15. The molecule has 0 N–H and O–H groups in total. The molecule has 1 aromatic heterocycles. The van der Waals surface area contributed by atoms with Crippen LogP contribution in [-0.4, -0.2) is 47.6 Å². The second-order valence-corrected chi connectivity index (χ2v) is 7.00. The first-order chi connectivity index (χ1) is 16.1. The third kappa shape index (κ3) is 3.84. The lowest BCUT2D eigenvalue weighted by Crippen LogP contribution is -1.96. The summed E-state index contributed by atoms with van der Waals surface area (Å²) >= 11 is 0. The Labute approximate surface area is 191 Å². The second-order valence-electron chi connectivity index (χ2n) is 7.00. The molecule has 8 nitrogen and oxygen atoms in total. The zero-order chi connectivity index (χ0) is 23.5. The van der Waals surface area contributed by atoms with E-state index in [2.05, 4.69) is 4.98 Å². The number of nitrogens with zero attached hydrogens (tertiary/aromatic N) is 1. The summed E-state index contributed by atoms with van der Waals surface area (Å²) < 4.78 is 38.9. The van der Waals surface area contributed by atoms with Crippen LogP contribution in [0.2, 0.25) is 0 Å². The maximum Gasteiger partial charge on any atom is 0.227 e. The van der Waals surface area contributed by atoms with Crippen molar-refractivity contribution in [2.45, 2.75) is 0 Å². The smallest absolute Gasteiger partial charge is 0.227 e. The molecule has 1 heterocycles. The van der Waals surface area contributed by atoms with Crippen LogP contribution in [0.15, 0.2) is 46.9 Å². The molecule has 0 unspecified atom stereocenters. The first-order valence-electron chi connectivity index (χ1n) is 10.1. The topological polar surface area (TPSA) is 81.4 Å². The standard InChI is InChI=1S/C25H25NO7/c1-27-18-10-8-16(22(30-4)24(18)32-6)14-7-9-17-19(11-14)33-25(26-17)15-12-20(28-2)23(31-5)21(13-15)29-3/h7-13H,1-6H3. The third-order valence-electron chi connectivity index (χ3n) is 5.32. The van der Waals surface area contributed by atoms with Gasteiger partial charge in [0.1, 0.15) is 5.52 Å². The molecule has 0 aliphatic heterocycles. The minimum absolute atomic E-state index is 0.431. The van der Waals surface area contributed by atoms with Gasteiger partial charge < -0.3 is 32.8 Å². The van der Waals surface area contributed by atoms with Gasteiger partial charge in [0.05, 0.1) is 42.7 Å². The summed E-state index contributed by atoms with van der Waals surface area (Å²) in [6.45, 7) is 0. The van der Waals surface area contributed by atoms with E-state index in [0.29, 0.717) is 57.1 Å². The molecule has 33 heavy (non-hydrogen) atoms. The van der Waals surface area contributed by atoms with Crippen LogP contribution in [0, 0.1) is 0 Å². The van der Waals surface area contributed by atoms with Crippen molar-refractivity contribution < 1.29 is 32.8 Å². The Bertz CT molecular complexity index is 1270. The number of benzene rings is 3. The lowest BCUT2D eigenvalue weighted by molar-refractivity contribution is 0.324. The van der Waals surface area contributed by atoms with Crippen LogP contribution < -0.4 is 28.4 Å². The highest BCUT2D eigenvalue weighted by atomic mass is 16.5. The summed E-state index contributed by atoms with van der Waals surface area (Å²) in [7, 11) is 9.45. The summed E-state index contributed by atoms with van der Waals surface area (Å²) in [6, 6.07) is 13.1. The number of rotatable bonds is 8. The number of aromatic nitrogens is 1. The zero-order valence-electron chi connectivity index (χ0n) is 19.3. The number of fused-ring (bicyclic) bond motifs is 1. The average molecular weight is 451 g/mol. The van der Waals surface area contributed by atoms with Gasteiger partial charge in [0.15, 0.2) is 28.6 Å². The van der Waals surface area contributed by atoms with E-state index in [-0.39, 0.29) is 0 Å². The maximum atomic E-state index is 6.10. The van der Waals surface area contributed by atoms with Crippen LogP contribution in [0.4, 0.5) is 0 Å². The van der Waals surface area contributed by atoms with Crippen LogP contribution in [0.25, 0.3) is 33.7 Å². The summed E-state index contributed by atoms with van der Waals surface area (Å²) in [6.07, 6.45) is 0. The number of hydrogen-bond acceptors (Lipinski definition) is 8. The fraction of sp³-hybridized carbons (Fsp3) is 0.240. The quantitative estimate of drug-likeness (QED) is 0.361. The molecule has 8 heteroatoms. The highest BCUT2D eigenvalue weighted by molar-refractivity contribution is 5.85. The summed E-state index contributed by atoms with van der Waals surface area (Å²) in [5, 5.41) is 0. The minimum atomic E-state index is 0.431. The van der Waals surface area contributed by atoms with E-state index in [9.17, 15) is 0 Å². The van der Waals surface area contributed by atoms with Crippen LogP contribution in [0.5, 0.6) is 34.5 Å². The number of methoxy groups -OCH3 is 6. The van der Waals surface area contributed by atoms with Crippen LogP contribution in [0.1, 0.15) is 0 Å². The van der Waals surface area contributed by atoms with Gasteiger partial charge in [0, 0.05) is 11.1 Å². The molecule has 0 radical (unpaired) electrons. The summed E-state index contributed by atoms with van der Waals surface area (Å²) in [5.41, 5.74) is 3.75. The van der Waals surface area contributed by atoms with Crippen molar-refractivity contribution in [1.82, 2.24) is 4.98 Å². The van der Waals surface area contributed by atoms with Gasteiger partial charge in [-0.2, -0.15) is 0 Å². The number of hydrogen-bond donors (Lipinski definition) is 0. The van der Waals surface area contributed by atoms with Crippen LogP contribution in [0.3, 0.4) is 0 Å². The van der Waals surface area contributed by atoms with E-state index in [1.165, 1.54) is 0 Å². The molecular formula is C25H25NO7. The van der Waals surface area contributed by atoms with E-state index >= 15 is 0 Å². The van der Waals surface area contributed by atoms with Gasteiger partial charge in [-0.1, -0.05) is 6.07 Å². The molecule has 0 fully saturated rings. The maximum absolute atomic E-state index is 6.10. The van der Waals surface area contributed by atoms with Gasteiger partial charge in [-0.3, -0.25) is 0 Å². The molecule has 0 atom stereocenters. The van der Waals surface area contributed by atoms with Crippen LogP contribution >= 0.6 is 0 Å². The molecule has 0 aliphatic carbocycles. The Morgan fingerprint density at radius 1 is 0.576 bits per heavy atom. The Kier molecular flexibility index (Phi) is 6.17. The molecule has 0 bridgehead atoms. The van der Waals surface area contributed by atoms with Crippen molar-refractivity contribution in [3.63, 3.8) is 0 Å². The molecule has 4 aromatic rings. The molecule has 0 spiro atoms. The average Bonchev–Trinajstić information content (AvgIpc) is 3.30. The molecule has 4 rings (SSSR count). The highest BCUT2D eigenvalue weighted by Crippen LogP contribution is 2.45. The van der Waals surface area contributed by atoms with Gasteiger partial charge in [-0.25, -0.2) is 4.98 Å². The molecule has 0 aliphatic rings. The lowest BCUT2D eigenvalue weighted by atomic mass is 10.0. The van der Waals surface area contributed by atoms with E-state index < -0.39 is 0 Å².